The van der Waals surface area contributed by atoms with Crippen molar-refractivity contribution >= 4 is 17.5 Å². The molecule has 1 aromatic heterocycles. The van der Waals surface area contributed by atoms with Crippen LogP contribution in [0.3, 0.4) is 0 Å². The zero-order valence-electron chi connectivity index (χ0n) is 11.1. The lowest BCUT2D eigenvalue weighted by molar-refractivity contribution is 0.00582. The fourth-order valence-corrected chi connectivity index (χ4v) is 2.55. The van der Waals surface area contributed by atoms with Crippen LogP contribution in [0.1, 0.15) is 16.1 Å². The number of aromatic nitrogens is 1. The fraction of sp³-hybridized carbons (Fsp3) is 0.286. The molecule has 1 N–H and O–H groups in total. The smallest absolute Gasteiger partial charge is 0.259 e. The van der Waals surface area contributed by atoms with Crippen molar-refractivity contribution in [2.75, 3.05) is 13.1 Å². The summed E-state index contributed by atoms with van der Waals surface area (Å²) in [6.45, 7) is 2.07. The van der Waals surface area contributed by atoms with Crippen molar-refractivity contribution in [1.82, 2.24) is 10.1 Å². The minimum absolute atomic E-state index is 0.0421. The van der Waals surface area contributed by atoms with Crippen molar-refractivity contribution in [3.05, 3.63) is 40.4 Å². The number of aliphatic hydroxyl groups is 1. The lowest BCUT2D eigenvalue weighted by Gasteiger charge is -2.35. The average Bonchev–Trinajstić information content (AvgIpc) is 2.76. The van der Waals surface area contributed by atoms with Crippen LogP contribution in [-0.2, 0) is 0 Å². The van der Waals surface area contributed by atoms with Gasteiger partial charge in [-0.05, 0) is 19.1 Å². The van der Waals surface area contributed by atoms with E-state index >= 15 is 0 Å². The van der Waals surface area contributed by atoms with Crippen molar-refractivity contribution in [3.63, 3.8) is 0 Å². The number of aliphatic hydroxyl groups excluding tert-OH is 1. The van der Waals surface area contributed by atoms with Gasteiger partial charge in [-0.2, -0.15) is 0 Å². The second kappa shape index (κ2) is 5.13. The van der Waals surface area contributed by atoms with Gasteiger partial charge in [-0.15, -0.1) is 0 Å². The quantitative estimate of drug-likeness (QED) is 0.924. The normalized spacial score (nSPS) is 15.1. The molecule has 7 heteroatoms. The third-order valence-corrected chi connectivity index (χ3v) is 3.74. The predicted molar refractivity (Wildman–Crippen MR) is 73.6 cm³/mol. The number of likely N-dealkylation sites (tertiary alicyclic amines) is 1. The summed E-state index contributed by atoms with van der Waals surface area (Å²) in [5.41, 5.74) is 0.302. The molecule has 1 amide bonds. The maximum absolute atomic E-state index is 14.0. The molecule has 5 nitrogen and oxygen atoms in total. The second-order valence-electron chi connectivity index (χ2n) is 4.92. The molecule has 0 saturated carbocycles. The molecule has 1 aliphatic heterocycles. The number of amides is 1. The largest absolute Gasteiger partial charge is 0.389 e. The summed E-state index contributed by atoms with van der Waals surface area (Å²) >= 11 is 6.01. The first-order valence-corrected chi connectivity index (χ1v) is 6.75. The monoisotopic (exact) mass is 310 g/mol. The first kappa shape index (κ1) is 14.0. The molecule has 1 aliphatic rings. The van der Waals surface area contributed by atoms with Gasteiger partial charge in [0.2, 0.25) is 0 Å². The van der Waals surface area contributed by atoms with Crippen LogP contribution >= 0.6 is 11.6 Å². The van der Waals surface area contributed by atoms with E-state index < -0.39 is 11.9 Å². The molecular weight excluding hydrogens is 299 g/mol. The van der Waals surface area contributed by atoms with E-state index in [1.165, 1.54) is 23.1 Å². The number of β-amino-alcohol motifs (C(OH)–C–C–N with tert-alkyl or cyclic N) is 1. The van der Waals surface area contributed by atoms with E-state index in [0.29, 0.717) is 0 Å². The van der Waals surface area contributed by atoms with Gasteiger partial charge in [0.1, 0.15) is 22.8 Å². The van der Waals surface area contributed by atoms with Crippen LogP contribution in [0.5, 0.6) is 0 Å². The Bertz CT molecular complexity index is 690. The van der Waals surface area contributed by atoms with E-state index in [2.05, 4.69) is 5.16 Å². The van der Waals surface area contributed by atoms with E-state index in [1.54, 1.807) is 6.92 Å². The van der Waals surface area contributed by atoms with Gasteiger partial charge in [0.15, 0.2) is 0 Å². The van der Waals surface area contributed by atoms with Crippen molar-refractivity contribution in [3.8, 4) is 11.3 Å². The first-order valence-electron chi connectivity index (χ1n) is 6.37. The van der Waals surface area contributed by atoms with E-state index in [9.17, 15) is 14.3 Å². The highest BCUT2D eigenvalue weighted by atomic mass is 35.5. The first-order chi connectivity index (χ1) is 9.99. The van der Waals surface area contributed by atoms with Crippen LogP contribution in [0.4, 0.5) is 4.39 Å². The zero-order chi connectivity index (χ0) is 15.1. The number of hydrogen-bond acceptors (Lipinski definition) is 4. The Morgan fingerprint density at radius 3 is 2.86 bits per heavy atom. The summed E-state index contributed by atoms with van der Waals surface area (Å²) in [6, 6.07) is 4.24. The standard InChI is InChI=1S/C14H12ClFN2O3/c1-7-11(14(20)18-5-8(19)6-18)13(17-21-7)12-9(15)3-2-4-10(12)16/h2-4,8,19H,5-6H2,1H3. The van der Waals surface area contributed by atoms with Crippen molar-refractivity contribution in [1.29, 1.82) is 0 Å². The molecule has 21 heavy (non-hydrogen) atoms. The summed E-state index contributed by atoms with van der Waals surface area (Å²) in [6.07, 6.45) is -0.519. The highest BCUT2D eigenvalue weighted by molar-refractivity contribution is 6.33. The number of carbonyl (C=O) groups is 1. The topological polar surface area (TPSA) is 66.6 Å². The number of carbonyl (C=O) groups excluding carboxylic acids is 1. The molecule has 0 atom stereocenters. The van der Waals surface area contributed by atoms with Gasteiger partial charge in [-0.3, -0.25) is 4.79 Å². The summed E-state index contributed by atoms with van der Waals surface area (Å²) in [5, 5.41) is 13.2. The van der Waals surface area contributed by atoms with Gasteiger partial charge >= 0.3 is 0 Å². The van der Waals surface area contributed by atoms with Crippen LogP contribution < -0.4 is 0 Å². The molecule has 1 fully saturated rings. The maximum atomic E-state index is 14.0. The molecule has 2 heterocycles. The van der Waals surface area contributed by atoms with Gasteiger partial charge in [-0.1, -0.05) is 22.8 Å². The van der Waals surface area contributed by atoms with Crippen LogP contribution in [0.2, 0.25) is 5.02 Å². The molecule has 0 aliphatic carbocycles. The SMILES string of the molecule is Cc1onc(-c2c(F)cccc2Cl)c1C(=O)N1CC(O)C1. The summed E-state index contributed by atoms with van der Waals surface area (Å²) in [5.74, 6) is -0.641. The third kappa shape index (κ3) is 2.30. The van der Waals surface area contributed by atoms with E-state index in [0.717, 1.165) is 0 Å². The number of nitrogens with zero attached hydrogens (tertiary/aromatic N) is 2. The van der Waals surface area contributed by atoms with Gasteiger partial charge < -0.3 is 14.5 Å². The Hall–Kier alpha value is -1.92. The summed E-state index contributed by atoms with van der Waals surface area (Å²) < 4.78 is 19.1. The lowest BCUT2D eigenvalue weighted by Crippen LogP contribution is -2.53. The Morgan fingerprint density at radius 2 is 2.24 bits per heavy atom. The fourth-order valence-electron chi connectivity index (χ4n) is 2.30. The highest BCUT2D eigenvalue weighted by Crippen LogP contribution is 2.34. The number of benzene rings is 1. The van der Waals surface area contributed by atoms with E-state index in [-0.39, 0.29) is 46.6 Å². The van der Waals surface area contributed by atoms with Crippen molar-refractivity contribution in [2.24, 2.45) is 0 Å². The molecular formula is C14H12ClFN2O3. The molecule has 0 radical (unpaired) electrons. The number of hydrogen-bond donors (Lipinski definition) is 1. The summed E-state index contributed by atoms with van der Waals surface area (Å²) in [4.78, 5) is 13.9. The minimum Gasteiger partial charge on any atom is -0.389 e. The van der Waals surface area contributed by atoms with E-state index in [4.69, 9.17) is 16.1 Å². The van der Waals surface area contributed by atoms with Crippen LogP contribution in [0, 0.1) is 12.7 Å². The van der Waals surface area contributed by atoms with Crippen molar-refractivity contribution in [2.45, 2.75) is 13.0 Å². The molecule has 2 aromatic rings. The molecule has 3 rings (SSSR count). The average molecular weight is 311 g/mol. The third-order valence-electron chi connectivity index (χ3n) is 3.43. The Kier molecular flexibility index (Phi) is 3.43. The predicted octanol–water partition coefficient (Wildman–Crippen LogP) is 2.26. The zero-order valence-corrected chi connectivity index (χ0v) is 11.9. The molecule has 110 valence electrons. The minimum atomic E-state index is -0.575. The Labute approximate surface area is 124 Å². The molecule has 0 spiro atoms. The summed E-state index contributed by atoms with van der Waals surface area (Å²) in [7, 11) is 0. The van der Waals surface area contributed by atoms with Crippen LogP contribution in [0.25, 0.3) is 11.3 Å². The lowest BCUT2D eigenvalue weighted by atomic mass is 10.0. The number of aryl methyl sites for hydroxylation is 1. The van der Waals surface area contributed by atoms with Gasteiger partial charge in [0.25, 0.3) is 5.91 Å². The van der Waals surface area contributed by atoms with Crippen molar-refractivity contribution < 1.29 is 18.8 Å². The van der Waals surface area contributed by atoms with Gasteiger partial charge in [-0.25, -0.2) is 4.39 Å². The van der Waals surface area contributed by atoms with Crippen LogP contribution in [0.15, 0.2) is 22.7 Å². The Morgan fingerprint density at radius 1 is 1.52 bits per heavy atom. The maximum Gasteiger partial charge on any atom is 0.259 e. The molecule has 0 bridgehead atoms. The highest BCUT2D eigenvalue weighted by Gasteiger charge is 2.34. The molecule has 0 unspecified atom stereocenters. The van der Waals surface area contributed by atoms with Gasteiger partial charge in [0, 0.05) is 13.1 Å². The Balaban J connectivity index is 2.07. The van der Waals surface area contributed by atoms with E-state index in [1.807, 2.05) is 0 Å². The van der Waals surface area contributed by atoms with Gasteiger partial charge in [0.05, 0.1) is 16.7 Å². The molecule has 1 aromatic carbocycles. The molecule has 1 saturated heterocycles. The number of rotatable bonds is 2. The second-order valence-corrected chi connectivity index (χ2v) is 5.33. The van der Waals surface area contributed by atoms with Crippen LogP contribution in [-0.4, -0.2) is 40.3 Å². The number of halogens is 2.